The molecule has 5 heteroatoms. The Morgan fingerprint density at radius 2 is 1.92 bits per heavy atom. The summed E-state index contributed by atoms with van der Waals surface area (Å²) in [5, 5.41) is 16.8. The van der Waals surface area contributed by atoms with Gasteiger partial charge in [0.2, 0.25) is 0 Å². The molecule has 0 fully saturated rings. The van der Waals surface area contributed by atoms with Gasteiger partial charge in [-0.05, 0) is 43.0 Å². The van der Waals surface area contributed by atoms with E-state index >= 15 is 0 Å². The number of aliphatic imine (C=N–C) groups is 1. The summed E-state index contributed by atoms with van der Waals surface area (Å²) in [6.07, 6.45) is 0.145. The number of ether oxygens (including phenoxy) is 1. The fourth-order valence-electron chi connectivity index (χ4n) is 2.72. The molecule has 2 aromatic rings. The second-order valence-electron chi connectivity index (χ2n) is 6.14. The third kappa shape index (κ3) is 6.08. The van der Waals surface area contributed by atoms with E-state index in [-0.39, 0.29) is 0 Å². The molecule has 140 valence electrons. The van der Waals surface area contributed by atoms with E-state index in [1.165, 1.54) is 0 Å². The average Bonchev–Trinajstić information content (AvgIpc) is 2.66. The van der Waals surface area contributed by atoms with Gasteiger partial charge in [-0.3, -0.25) is 0 Å². The van der Waals surface area contributed by atoms with Crippen molar-refractivity contribution < 1.29 is 9.84 Å². The Morgan fingerprint density at radius 1 is 1.15 bits per heavy atom. The minimum absolute atomic E-state index is 0.476. The van der Waals surface area contributed by atoms with E-state index in [4.69, 9.17) is 4.74 Å². The largest absolute Gasteiger partial charge is 0.496 e. The number of guanidine groups is 1. The monoisotopic (exact) mass is 355 g/mol. The lowest BCUT2D eigenvalue weighted by atomic mass is 10.1. The highest BCUT2D eigenvalue weighted by Gasteiger charge is 2.07. The lowest BCUT2D eigenvalue weighted by Crippen LogP contribution is -2.38. The molecule has 26 heavy (non-hydrogen) atoms. The number of hydrogen-bond acceptors (Lipinski definition) is 3. The van der Waals surface area contributed by atoms with E-state index in [0.29, 0.717) is 19.5 Å². The molecule has 0 amide bonds. The van der Waals surface area contributed by atoms with Crippen LogP contribution in [0.1, 0.15) is 36.1 Å². The number of methoxy groups -OCH3 is 1. The molecule has 0 aliphatic carbocycles. The van der Waals surface area contributed by atoms with Crippen molar-refractivity contribution in [3.05, 3.63) is 65.2 Å². The van der Waals surface area contributed by atoms with Gasteiger partial charge in [0.1, 0.15) is 5.75 Å². The number of aryl methyl sites for hydroxylation is 1. The first-order valence-corrected chi connectivity index (χ1v) is 9.02. The van der Waals surface area contributed by atoms with E-state index in [0.717, 1.165) is 34.9 Å². The normalized spacial score (nSPS) is 12.5. The van der Waals surface area contributed by atoms with Crippen LogP contribution in [0.25, 0.3) is 0 Å². The Hall–Kier alpha value is -2.53. The van der Waals surface area contributed by atoms with Crippen molar-refractivity contribution in [2.24, 2.45) is 4.99 Å². The van der Waals surface area contributed by atoms with Gasteiger partial charge in [-0.25, -0.2) is 4.99 Å². The Labute approximate surface area is 156 Å². The molecule has 0 bridgehead atoms. The molecule has 0 aliphatic rings. The molecule has 0 heterocycles. The molecular weight excluding hydrogens is 326 g/mol. The zero-order valence-corrected chi connectivity index (χ0v) is 15.8. The number of nitrogens with zero attached hydrogens (tertiary/aromatic N) is 1. The minimum atomic E-state index is -0.476. The van der Waals surface area contributed by atoms with Crippen molar-refractivity contribution in [1.29, 1.82) is 0 Å². The summed E-state index contributed by atoms with van der Waals surface area (Å²) in [7, 11) is 1.68. The number of aliphatic hydroxyl groups is 1. The number of nitrogens with one attached hydrogen (secondary N) is 2. The Bertz CT molecular complexity index is 702. The van der Waals surface area contributed by atoms with Gasteiger partial charge in [0.05, 0.1) is 19.8 Å². The van der Waals surface area contributed by atoms with Crippen LogP contribution in [-0.4, -0.2) is 31.3 Å². The smallest absolute Gasteiger partial charge is 0.191 e. The molecule has 3 N–H and O–H groups in total. The summed E-state index contributed by atoms with van der Waals surface area (Å²) < 4.78 is 5.29. The van der Waals surface area contributed by atoms with Crippen molar-refractivity contribution in [3.63, 3.8) is 0 Å². The van der Waals surface area contributed by atoms with Gasteiger partial charge < -0.3 is 20.5 Å². The first-order valence-electron chi connectivity index (χ1n) is 9.02. The summed E-state index contributed by atoms with van der Waals surface area (Å²) in [5.74, 6) is 1.64. The van der Waals surface area contributed by atoms with Gasteiger partial charge in [-0.1, -0.05) is 42.5 Å². The highest BCUT2D eigenvalue weighted by atomic mass is 16.5. The minimum Gasteiger partial charge on any atom is -0.496 e. The van der Waals surface area contributed by atoms with Crippen molar-refractivity contribution in [3.8, 4) is 5.75 Å². The molecule has 2 rings (SSSR count). The molecule has 0 saturated carbocycles. The maximum absolute atomic E-state index is 10.2. The molecule has 0 aromatic heterocycles. The Kier molecular flexibility index (Phi) is 7.96. The van der Waals surface area contributed by atoms with E-state index in [1.54, 1.807) is 7.11 Å². The lowest BCUT2D eigenvalue weighted by Gasteiger charge is -2.14. The third-order valence-electron chi connectivity index (χ3n) is 4.12. The highest BCUT2D eigenvalue weighted by molar-refractivity contribution is 5.79. The van der Waals surface area contributed by atoms with Crippen LogP contribution in [0.3, 0.4) is 0 Å². The van der Waals surface area contributed by atoms with E-state index < -0.39 is 6.10 Å². The van der Waals surface area contributed by atoms with Crippen LogP contribution >= 0.6 is 0 Å². The second-order valence-corrected chi connectivity index (χ2v) is 6.14. The number of aliphatic hydroxyl groups excluding tert-OH is 1. The molecule has 0 spiro atoms. The SMILES string of the molecule is CCNC(=NCc1ccc(OC)c(C)c1)NCCC(O)c1ccccc1. The predicted octanol–water partition coefficient (Wildman–Crippen LogP) is 3.18. The van der Waals surface area contributed by atoms with Gasteiger partial charge in [0.25, 0.3) is 0 Å². The van der Waals surface area contributed by atoms with Crippen LogP contribution in [0.2, 0.25) is 0 Å². The first kappa shape index (κ1) is 19.8. The van der Waals surface area contributed by atoms with Crippen molar-refractivity contribution in [2.75, 3.05) is 20.2 Å². The standard InChI is InChI=1S/C21H29N3O2/c1-4-22-21(23-13-12-19(25)18-8-6-5-7-9-18)24-15-17-10-11-20(26-3)16(2)14-17/h5-11,14,19,25H,4,12-13,15H2,1-3H3,(H2,22,23,24). The summed E-state index contributed by atoms with van der Waals surface area (Å²) in [5.41, 5.74) is 3.17. The van der Waals surface area contributed by atoms with Crippen LogP contribution in [-0.2, 0) is 6.54 Å². The van der Waals surface area contributed by atoms with Gasteiger partial charge in [0.15, 0.2) is 5.96 Å². The van der Waals surface area contributed by atoms with Gasteiger partial charge in [0, 0.05) is 13.1 Å². The Balaban J connectivity index is 1.89. The van der Waals surface area contributed by atoms with E-state index in [9.17, 15) is 5.11 Å². The first-order chi connectivity index (χ1) is 12.6. The molecule has 0 aliphatic heterocycles. The zero-order chi connectivity index (χ0) is 18.8. The van der Waals surface area contributed by atoms with Crippen LogP contribution in [0.15, 0.2) is 53.5 Å². The van der Waals surface area contributed by atoms with Crippen molar-refractivity contribution in [2.45, 2.75) is 32.9 Å². The molecule has 2 aromatic carbocycles. The summed E-state index contributed by atoms with van der Waals surface area (Å²) in [4.78, 5) is 4.62. The van der Waals surface area contributed by atoms with Crippen LogP contribution in [0.5, 0.6) is 5.75 Å². The van der Waals surface area contributed by atoms with Gasteiger partial charge in [-0.15, -0.1) is 0 Å². The average molecular weight is 355 g/mol. The van der Waals surface area contributed by atoms with Gasteiger partial charge in [-0.2, -0.15) is 0 Å². The molecule has 1 unspecified atom stereocenters. The predicted molar refractivity (Wildman–Crippen MR) is 107 cm³/mol. The zero-order valence-electron chi connectivity index (χ0n) is 15.8. The lowest BCUT2D eigenvalue weighted by molar-refractivity contribution is 0.168. The van der Waals surface area contributed by atoms with Crippen LogP contribution in [0.4, 0.5) is 0 Å². The number of hydrogen-bond donors (Lipinski definition) is 3. The Morgan fingerprint density at radius 3 is 2.58 bits per heavy atom. The molecular formula is C21H29N3O2. The summed E-state index contributed by atoms with van der Waals surface area (Å²) in [6.45, 7) is 6.08. The summed E-state index contributed by atoms with van der Waals surface area (Å²) in [6, 6.07) is 15.8. The quantitative estimate of drug-likeness (QED) is 0.503. The molecule has 5 nitrogen and oxygen atoms in total. The fourth-order valence-corrected chi connectivity index (χ4v) is 2.72. The molecule has 0 saturated heterocycles. The second kappa shape index (κ2) is 10.5. The fraction of sp³-hybridized carbons (Fsp3) is 0.381. The van der Waals surface area contributed by atoms with E-state index in [2.05, 4.69) is 21.7 Å². The van der Waals surface area contributed by atoms with Gasteiger partial charge >= 0.3 is 0 Å². The van der Waals surface area contributed by atoms with E-state index in [1.807, 2.05) is 56.3 Å². The maximum Gasteiger partial charge on any atom is 0.191 e. The number of rotatable bonds is 8. The van der Waals surface area contributed by atoms with Crippen LogP contribution in [0, 0.1) is 6.92 Å². The maximum atomic E-state index is 10.2. The van der Waals surface area contributed by atoms with Crippen molar-refractivity contribution in [1.82, 2.24) is 10.6 Å². The third-order valence-corrected chi connectivity index (χ3v) is 4.12. The molecule has 0 radical (unpaired) electrons. The van der Waals surface area contributed by atoms with Crippen LogP contribution < -0.4 is 15.4 Å². The topological polar surface area (TPSA) is 65.9 Å². The highest BCUT2D eigenvalue weighted by Crippen LogP contribution is 2.19. The number of benzene rings is 2. The van der Waals surface area contributed by atoms with Crippen molar-refractivity contribution >= 4 is 5.96 Å². The summed E-state index contributed by atoms with van der Waals surface area (Å²) >= 11 is 0. The molecule has 1 atom stereocenters.